The molecule has 1 aromatic carbocycles. The van der Waals surface area contributed by atoms with Gasteiger partial charge in [0.2, 0.25) is 0 Å². The second-order valence-electron chi connectivity index (χ2n) is 3.71. The van der Waals surface area contributed by atoms with Gasteiger partial charge in [-0.2, -0.15) is 0 Å². The first kappa shape index (κ1) is 10.6. The standard InChI is InChI=1S/C11H14ClNO2/c1-14-9-4-3-6(7-5-8(7)13)10(12)11(9)15-2/h3-4,7-8H,5,13H2,1-2H3/t7-,8+/m0/s1. The molecular formula is C11H14ClNO2. The van der Waals surface area contributed by atoms with Crippen molar-refractivity contribution in [3.05, 3.63) is 22.7 Å². The Bertz CT molecular complexity index is 381. The van der Waals surface area contributed by atoms with Gasteiger partial charge >= 0.3 is 0 Å². The van der Waals surface area contributed by atoms with Crippen LogP contribution in [0.3, 0.4) is 0 Å². The molecule has 0 aliphatic heterocycles. The van der Waals surface area contributed by atoms with Crippen LogP contribution in [0, 0.1) is 0 Å². The Morgan fingerprint density at radius 1 is 1.33 bits per heavy atom. The number of halogens is 1. The van der Waals surface area contributed by atoms with Crippen LogP contribution < -0.4 is 15.2 Å². The lowest BCUT2D eigenvalue weighted by Gasteiger charge is -2.12. The maximum atomic E-state index is 6.23. The van der Waals surface area contributed by atoms with Crippen LogP contribution in [0.25, 0.3) is 0 Å². The maximum Gasteiger partial charge on any atom is 0.179 e. The molecule has 0 heterocycles. The summed E-state index contributed by atoms with van der Waals surface area (Å²) in [6.07, 6.45) is 0.995. The van der Waals surface area contributed by atoms with Crippen molar-refractivity contribution in [2.45, 2.75) is 18.4 Å². The van der Waals surface area contributed by atoms with Gasteiger partial charge in [-0.05, 0) is 18.1 Å². The molecule has 0 unspecified atom stereocenters. The molecule has 15 heavy (non-hydrogen) atoms. The van der Waals surface area contributed by atoms with E-state index in [0.717, 1.165) is 12.0 Å². The Morgan fingerprint density at radius 3 is 2.47 bits per heavy atom. The summed E-state index contributed by atoms with van der Waals surface area (Å²) in [5.74, 6) is 1.62. The highest BCUT2D eigenvalue weighted by Gasteiger charge is 2.37. The lowest BCUT2D eigenvalue weighted by atomic mass is 10.1. The Morgan fingerprint density at radius 2 is 2.00 bits per heavy atom. The number of rotatable bonds is 3. The number of hydrogen-bond acceptors (Lipinski definition) is 3. The lowest BCUT2D eigenvalue weighted by molar-refractivity contribution is 0.354. The van der Waals surface area contributed by atoms with E-state index in [0.29, 0.717) is 22.4 Å². The van der Waals surface area contributed by atoms with E-state index < -0.39 is 0 Å². The fourth-order valence-corrected chi connectivity index (χ4v) is 2.14. The van der Waals surface area contributed by atoms with Crippen molar-refractivity contribution >= 4 is 11.6 Å². The molecule has 82 valence electrons. The van der Waals surface area contributed by atoms with Crippen LogP contribution in [0.4, 0.5) is 0 Å². The van der Waals surface area contributed by atoms with Crippen molar-refractivity contribution in [2.24, 2.45) is 5.73 Å². The Labute approximate surface area is 94.1 Å². The summed E-state index contributed by atoms with van der Waals surface area (Å²) in [6.45, 7) is 0. The van der Waals surface area contributed by atoms with Gasteiger partial charge in [-0.3, -0.25) is 0 Å². The topological polar surface area (TPSA) is 44.5 Å². The van der Waals surface area contributed by atoms with E-state index in [1.54, 1.807) is 14.2 Å². The SMILES string of the molecule is COc1ccc([C@@H]2C[C@H]2N)c(Cl)c1OC. The van der Waals surface area contributed by atoms with Crippen LogP contribution in [-0.2, 0) is 0 Å². The van der Waals surface area contributed by atoms with E-state index in [2.05, 4.69) is 0 Å². The molecular weight excluding hydrogens is 214 g/mol. The quantitative estimate of drug-likeness (QED) is 0.861. The molecule has 0 spiro atoms. The van der Waals surface area contributed by atoms with Gasteiger partial charge in [-0.15, -0.1) is 0 Å². The molecule has 2 rings (SSSR count). The largest absolute Gasteiger partial charge is 0.493 e. The summed E-state index contributed by atoms with van der Waals surface area (Å²) >= 11 is 6.23. The van der Waals surface area contributed by atoms with Crippen molar-refractivity contribution in [3.8, 4) is 11.5 Å². The average molecular weight is 228 g/mol. The summed E-state index contributed by atoms with van der Waals surface area (Å²) < 4.78 is 10.4. The molecule has 1 aliphatic rings. The Balaban J connectivity index is 2.41. The molecule has 0 amide bonds. The third-order valence-corrected chi connectivity index (χ3v) is 3.14. The number of hydrogen-bond donors (Lipinski definition) is 1. The van der Waals surface area contributed by atoms with E-state index >= 15 is 0 Å². The number of methoxy groups -OCH3 is 2. The van der Waals surface area contributed by atoms with Gasteiger partial charge in [0.05, 0.1) is 19.2 Å². The van der Waals surface area contributed by atoms with Crippen molar-refractivity contribution < 1.29 is 9.47 Å². The summed E-state index contributed by atoms with van der Waals surface area (Å²) in [7, 11) is 3.18. The van der Waals surface area contributed by atoms with Gasteiger partial charge in [0.1, 0.15) is 0 Å². The zero-order chi connectivity index (χ0) is 11.0. The minimum absolute atomic E-state index is 0.237. The van der Waals surface area contributed by atoms with Crippen molar-refractivity contribution in [3.63, 3.8) is 0 Å². The fourth-order valence-electron chi connectivity index (χ4n) is 1.76. The molecule has 0 saturated heterocycles. The summed E-state index contributed by atoms with van der Waals surface area (Å²) in [5.41, 5.74) is 6.86. The highest BCUT2D eigenvalue weighted by atomic mass is 35.5. The van der Waals surface area contributed by atoms with Crippen molar-refractivity contribution in [1.29, 1.82) is 0 Å². The van der Waals surface area contributed by atoms with E-state index in [4.69, 9.17) is 26.8 Å². The maximum absolute atomic E-state index is 6.23. The molecule has 1 aromatic rings. The molecule has 3 nitrogen and oxygen atoms in total. The number of nitrogens with two attached hydrogens (primary N) is 1. The highest BCUT2D eigenvalue weighted by Crippen LogP contribution is 2.47. The second kappa shape index (κ2) is 3.91. The van der Waals surface area contributed by atoms with Crippen molar-refractivity contribution in [2.75, 3.05) is 14.2 Å². The van der Waals surface area contributed by atoms with Crippen LogP contribution >= 0.6 is 11.6 Å². The molecule has 0 aromatic heterocycles. The minimum Gasteiger partial charge on any atom is -0.493 e. The van der Waals surface area contributed by atoms with Gasteiger partial charge in [0.25, 0.3) is 0 Å². The van der Waals surface area contributed by atoms with Gasteiger partial charge in [0.15, 0.2) is 11.5 Å². The molecule has 2 atom stereocenters. The third kappa shape index (κ3) is 1.77. The van der Waals surface area contributed by atoms with Crippen LogP contribution in [0.15, 0.2) is 12.1 Å². The van der Waals surface area contributed by atoms with Crippen molar-refractivity contribution in [1.82, 2.24) is 0 Å². The van der Waals surface area contributed by atoms with Crippen LogP contribution in [0.5, 0.6) is 11.5 Å². The van der Waals surface area contributed by atoms with E-state index in [-0.39, 0.29) is 6.04 Å². The highest BCUT2D eigenvalue weighted by molar-refractivity contribution is 6.33. The van der Waals surface area contributed by atoms with Gasteiger partial charge < -0.3 is 15.2 Å². The Hall–Kier alpha value is -0.930. The van der Waals surface area contributed by atoms with E-state index in [1.165, 1.54) is 0 Å². The first-order valence-corrected chi connectivity index (χ1v) is 5.22. The molecule has 1 fully saturated rings. The monoisotopic (exact) mass is 227 g/mol. The summed E-state index contributed by atoms with van der Waals surface area (Å²) in [4.78, 5) is 0. The zero-order valence-electron chi connectivity index (χ0n) is 8.79. The van der Waals surface area contributed by atoms with E-state index in [1.807, 2.05) is 12.1 Å². The predicted octanol–water partition coefficient (Wildman–Crippen LogP) is 2.17. The van der Waals surface area contributed by atoms with Gasteiger partial charge in [-0.1, -0.05) is 17.7 Å². The van der Waals surface area contributed by atoms with Crippen LogP contribution in [0.1, 0.15) is 17.9 Å². The summed E-state index contributed by atoms with van der Waals surface area (Å²) in [5, 5.41) is 0.620. The van der Waals surface area contributed by atoms with Gasteiger partial charge in [0, 0.05) is 12.0 Å². The molecule has 1 saturated carbocycles. The smallest absolute Gasteiger partial charge is 0.179 e. The first-order chi connectivity index (χ1) is 7.19. The predicted molar refractivity (Wildman–Crippen MR) is 59.9 cm³/mol. The Kier molecular flexibility index (Phi) is 2.76. The second-order valence-corrected chi connectivity index (χ2v) is 4.09. The molecule has 1 aliphatic carbocycles. The van der Waals surface area contributed by atoms with Gasteiger partial charge in [-0.25, -0.2) is 0 Å². The third-order valence-electron chi connectivity index (χ3n) is 2.75. The minimum atomic E-state index is 0.237. The molecule has 0 radical (unpaired) electrons. The molecule has 4 heteroatoms. The van der Waals surface area contributed by atoms with Crippen LogP contribution in [0.2, 0.25) is 5.02 Å². The lowest BCUT2D eigenvalue weighted by Crippen LogP contribution is -2.02. The molecule has 0 bridgehead atoms. The van der Waals surface area contributed by atoms with E-state index in [9.17, 15) is 0 Å². The fraction of sp³-hybridized carbons (Fsp3) is 0.455. The number of ether oxygens (including phenoxy) is 2. The normalized spacial score (nSPS) is 23.7. The average Bonchev–Trinajstić information content (AvgIpc) is 2.94. The first-order valence-electron chi connectivity index (χ1n) is 4.85. The number of benzene rings is 1. The zero-order valence-corrected chi connectivity index (χ0v) is 9.54. The van der Waals surface area contributed by atoms with Crippen LogP contribution in [-0.4, -0.2) is 20.3 Å². The molecule has 2 N–H and O–H groups in total. The summed E-state index contributed by atoms with van der Waals surface area (Å²) in [6, 6.07) is 4.06.